The van der Waals surface area contributed by atoms with Crippen molar-refractivity contribution in [2.24, 2.45) is 0 Å². The molecule has 0 amide bonds. The molecule has 10 aromatic rings. The van der Waals surface area contributed by atoms with Crippen LogP contribution in [0.2, 0.25) is 0 Å². The molecule has 1 aliphatic rings. The first-order valence-electron chi connectivity index (χ1n) is 18.4. The summed E-state index contributed by atoms with van der Waals surface area (Å²) in [5.41, 5.74) is 17.0. The van der Waals surface area contributed by atoms with Crippen LogP contribution in [-0.4, -0.2) is 14.1 Å². The highest BCUT2D eigenvalue weighted by Gasteiger charge is 2.35. The van der Waals surface area contributed by atoms with Gasteiger partial charge in [-0.2, -0.15) is 0 Å². The van der Waals surface area contributed by atoms with E-state index in [2.05, 4.69) is 193 Å². The molecule has 11 rings (SSSR count). The normalized spacial score (nSPS) is 13.2. The molecule has 0 bridgehead atoms. The van der Waals surface area contributed by atoms with Gasteiger partial charge in [-0.1, -0.05) is 117 Å². The highest BCUT2D eigenvalue weighted by Crippen LogP contribution is 2.49. The molecule has 3 nitrogen and oxygen atoms in total. The largest absolute Gasteiger partial charge is 0.309 e. The average Bonchev–Trinajstić information content (AvgIpc) is 3.81. The molecule has 3 heterocycles. The summed E-state index contributed by atoms with van der Waals surface area (Å²) in [7, 11) is 0. The molecule has 0 N–H and O–H groups in total. The standard InChI is InChI=1S/C50H35N3/c1-50(2)44-19-8-6-16-38(44)39-24-23-37(31-45(39)50)53-48-26-22-35(30-43(48)41-18-11-27-51-49(41)53)34-21-25-47-42(29-34)40-17-7-9-20-46(40)52(47)36-15-10-14-33(28-36)32-12-4-3-5-13-32/h3-31H,1-2H3. The molecule has 0 aliphatic heterocycles. The van der Waals surface area contributed by atoms with Crippen LogP contribution < -0.4 is 0 Å². The summed E-state index contributed by atoms with van der Waals surface area (Å²) in [5.74, 6) is 0. The van der Waals surface area contributed by atoms with Crippen molar-refractivity contribution in [2.75, 3.05) is 0 Å². The molecule has 0 atom stereocenters. The lowest BCUT2D eigenvalue weighted by molar-refractivity contribution is 0.660. The zero-order valence-electron chi connectivity index (χ0n) is 29.6. The number of pyridine rings is 1. The minimum absolute atomic E-state index is 0.0756. The summed E-state index contributed by atoms with van der Waals surface area (Å²) in [6, 6.07) is 62.1. The zero-order chi connectivity index (χ0) is 35.3. The Morgan fingerprint density at radius 2 is 1.02 bits per heavy atom. The van der Waals surface area contributed by atoms with E-state index in [4.69, 9.17) is 4.98 Å². The molecule has 0 saturated carbocycles. The third-order valence-corrected chi connectivity index (χ3v) is 11.6. The van der Waals surface area contributed by atoms with Gasteiger partial charge in [0.1, 0.15) is 5.65 Å². The Morgan fingerprint density at radius 1 is 0.396 bits per heavy atom. The van der Waals surface area contributed by atoms with E-state index in [-0.39, 0.29) is 5.41 Å². The number of hydrogen-bond acceptors (Lipinski definition) is 1. The van der Waals surface area contributed by atoms with Gasteiger partial charge in [0.15, 0.2) is 0 Å². The quantitative estimate of drug-likeness (QED) is 0.182. The lowest BCUT2D eigenvalue weighted by Gasteiger charge is -2.22. The first kappa shape index (κ1) is 30.0. The minimum atomic E-state index is -0.0756. The Bertz CT molecular complexity index is 3090. The Labute approximate surface area is 308 Å². The zero-order valence-corrected chi connectivity index (χ0v) is 29.6. The average molecular weight is 678 g/mol. The number of para-hydroxylation sites is 1. The van der Waals surface area contributed by atoms with Crippen LogP contribution in [0, 0.1) is 0 Å². The number of rotatable bonds is 4. The Morgan fingerprint density at radius 3 is 1.87 bits per heavy atom. The van der Waals surface area contributed by atoms with E-state index >= 15 is 0 Å². The van der Waals surface area contributed by atoms with Crippen LogP contribution in [-0.2, 0) is 5.41 Å². The van der Waals surface area contributed by atoms with Gasteiger partial charge in [-0.25, -0.2) is 4.98 Å². The smallest absolute Gasteiger partial charge is 0.145 e. The molecule has 0 fully saturated rings. The number of fused-ring (bicyclic) bond motifs is 9. The number of aromatic nitrogens is 3. The fourth-order valence-corrected chi connectivity index (χ4v) is 9.00. The van der Waals surface area contributed by atoms with E-state index in [9.17, 15) is 0 Å². The molecule has 0 saturated heterocycles. The second kappa shape index (κ2) is 11.1. The van der Waals surface area contributed by atoms with Crippen LogP contribution in [0.3, 0.4) is 0 Å². The SMILES string of the molecule is CC1(C)c2ccccc2-c2ccc(-n3c4ccc(-c5ccc6c(c5)c5ccccc5n6-c5cccc(-c6ccccc6)c5)cc4c4cccnc43)cc21. The second-order valence-corrected chi connectivity index (χ2v) is 14.8. The van der Waals surface area contributed by atoms with Crippen LogP contribution in [0.25, 0.3) is 88.5 Å². The van der Waals surface area contributed by atoms with Crippen LogP contribution in [0.5, 0.6) is 0 Å². The van der Waals surface area contributed by atoms with E-state index < -0.39 is 0 Å². The Hall–Kier alpha value is -6.71. The predicted molar refractivity (Wildman–Crippen MR) is 221 cm³/mol. The topological polar surface area (TPSA) is 22.8 Å². The maximum atomic E-state index is 4.96. The molecule has 53 heavy (non-hydrogen) atoms. The van der Waals surface area contributed by atoms with Gasteiger partial charge in [-0.15, -0.1) is 0 Å². The van der Waals surface area contributed by atoms with Crippen molar-refractivity contribution in [1.29, 1.82) is 0 Å². The Balaban J connectivity index is 1.06. The fraction of sp³-hybridized carbons (Fsp3) is 0.0600. The highest BCUT2D eigenvalue weighted by molar-refractivity contribution is 6.12. The molecule has 3 heteroatoms. The Kier molecular flexibility index (Phi) is 6.30. The van der Waals surface area contributed by atoms with Gasteiger partial charge in [-0.3, -0.25) is 4.57 Å². The molecule has 0 radical (unpaired) electrons. The van der Waals surface area contributed by atoms with E-state index in [0.717, 1.165) is 27.9 Å². The van der Waals surface area contributed by atoms with Gasteiger partial charge in [0.25, 0.3) is 0 Å². The van der Waals surface area contributed by atoms with Crippen LogP contribution in [0.4, 0.5) is 0 Å². The molecule has 250 valence electrons. The molecule has 0 spiro atoms. The van der Waals surface area contributed by atoms with Gasteiger partial charge < -0.3 is 4.57 Å². The number of nitrogens with zero attached hydrogens (tertiary/aromatic N) is 3. The number of benzene rings is 7. The first-order chi connectivity index (χ1) is 26.0. The van der Waals surface area contributed by atoms with Crippen molar-refractivity contribution in [1.82, 2.24) is 14.1 Å². The van der Waals surface area contributed by atoms with Crippen molar-refractivity contribution in [3.05, 3.63) is 187 Å². The molecular weight excluding hydrogens is 643 g/mol. The van der Waals surface area contributed by atoms with Gasteiger partial charge in [0, 0.05) is 44.5 Å². The fourth-order valence-electron chi connectivity index (χ4n) is 9.00. The van der Waals surface area contributed by atoms with Gasteiger partial charge in [0.2, 0.25) is 0 Å². The minimum Gasteiger partial charge on any atom is -0.309 e. The van der Waals surface area contributed by atoms with Crippen molar-refractivity contribution in [3.8, 4) is 44.8 Å². The third kappa shape index (κ3) is 4.37. The second-order valence-electron chi connectivity index (χ2n) is 14.8. The van der Waals surface area contributed by atoms with Crippen LogP contribution in [0.15, 0.2) is 176 Å². The first-order valence-corrected chi connectivity index (χ1v) is 18.4. The van der Waals surface area contributed by atoms with E-state index in [0.29, 0.717) is 0 Å². The summed E-state index contributed by atoms with van der Waals surface area (Å²) < 4.78 is 4.74. The maximum Gasteiger partial charge on any atom is 0.145 e. The predicted octanol–water partition coefficient (Wildman–Crippen LogP) is 12.9. The molecule has 0 unspecified atom stereocenters. The van der Waals surface area contributed by atoms with E-state index in [1.165, 1.54) is 71.7 Å². The summed E-state index contributed by atoms with van der Waals surface area (Å²) in [6.07, 6.45) is 1.91. The lowest BCUT2D eigenvalue weighted by atomic mass is 9.82. The summed E-state index contributed by atoms with van der Waals surface area (Å²) in [5, 5.41) is 4.85. The van der Waals surface area contributed by atoms with Gasteiger partial charge in [0.05, 0.1) is 16.6 Å². The van der Waals surface area contributed by atoms with Crippen LogP contribution in [0.1, 0.15) is 25.0 Å². The summed E-state index contributed by atoms with van der Waals surface area (Å²) in [4.78, 5) is 4.96. The van der Waals surface area contributed by atoms with Crippen molar-refractivity contribution in [2.45, 2.75) is 19.3 Å². The third-order valence-electron chi connectivity index (χ3n) is 11.6. The van der Waals surface area contributed by atoms with Crippen LogP contribution >= 0.6 is 0 Å². The van der Waals surface area contributed by atoms with Gasteiger partial charge >= 0.3 is 0 Å². The van der Waals surface area contributed by atoms with Gasteiger partial charge in [-0.05, 0) is 111 Å². The molecule has 1 aliphatic carbocycles. The summed E-state index contributed by atoms with van der Waals surface area (Å²) in [6.45, 7) is 4.68. The number of hydrogen-bond donors (Lipinski definition) is 0. The molecule has 7 aromatic carbocycles. The van der Waals surface area contributed by atoms with Crippen molar-refractivity contribution < 1.29 is 0 Å². The van der Waals surface area contributed by atoms with Crippen molar-refractivity contribution >= 4 is 43.7 Å². The summed E-state index contributed by atoms with van der Waals surface area (Å²) >= 11 is 0. The van der Waals surface area contributed by atoms with E-state index in [1.807, 2.05) is 6.20 Å². The highest BCUT2D eigenvalue weighted by atomic mass is 15.0. The maximum absolute atomic E-state index is 4.96. The monoisotopic (exact) mass is 677 g/mol. The lowest BCUT2D eigenvalue weighted by Crippen LogP contribution is -2.15. The van der Waals surface area contributed by atoms with E-state index in [1.54, 1.807) is 0 Å². The van der Waals surface area contributed by atoms with Crippen molar-refractivity contribution in [3.63, 3.8) is 0 Å². The molecule has 3 aromatic heterocycles. The molecular formula is C50H35N3.